The van der Waals surface area contributed by atoms with Crippen LogP contribution in [0.2, 0.25) is 5.02 Å². The van der Waals surface area contributed by atoms with Crippen LogP contribution in [-0.4, -0.2) is 50.9 Å². The van der Waals surface area contributed by atoms with Crippen LogP contribution >= 0.6 is 34.7 Å². The van der Waals surface area contributed by atoms with Crippen molar-refractivity contribution in [3.05, 3.63) is 41.0 Å². The van der Waals surface area contributed by atoms with Gasteiger partial charge in [-0.15, -0.1) is 0 Å². The maximum Gasteiger partial charge on any atom is 0.323 e. The zero-order valence-corrected chi connectivity index (χ0v) is 22.1. The van der Waals surface area contributed by atoms with E-state index in [1.54, 1.807) is 20.0 Å². The number of carboxylic acid groups (broad SMARTS) is 1. The van der Waals surface area contributed by atoms with Crippen molar-refractivity contribution in [1.29, 1.82) is 0 Å². The Labute approximate surface area is 214 Å². The average Bonchev–Trinajstić information content (AvgIpc) is 3.21. The van der Waals surface area contributed by atoms with Gasteiger partial charge in [0.1, 0.15) is 4.75 Å². The van der Waals surface area contributed by atoms with Gasteiger partial charge in [-0.25, -0.2) is 9.78 Å². The molecule has 1 heterocycles. The Kier molecular flexibility index (Phi) is 9.65. The van der Waals surface area contributed by atoms with E-state index in [2.05, 4.69) is 17.2 Å². The molecule has 10 heteroatoms. The molecule has 1 aliphatic rings. The fraction of sp³-hybridized carbons (Fsp3) is 0.542. The van der Waals surface area contributed by atoms with Crippen molar-refractivity contribution in [3.63, 3.8) is 0 Å². The van der Waals surface area contributed by atoms with Gasteiger partial charge in [0, 0.05) is 17.6 Å². The lowest BCUT2D eigenvalue weighted by molar-refractivity contribution is -0.138. The van der Waals surface area contributed by atoms with Crippen molar-refractivity contribution >= 4 is 51.8 Å². The van der Waals surface area contributed by atoms with E-state index in [9.17, 15) is 14.7 Å². The van der Waals surface area contributed by atoms with E-state index in [4.69, 9.17) is 16.3 Å². The van der Waals surface area contributed by atoms with Crippen LogP contribution in [0, 0.1) is 5.92 Å². The second kappa shape index (κ2) is 12.2. The molecule has 0 aliphatic heterocycles. The third-order valence-corrected chi connectivity index (χ3v) is 8.52. The van der Waals surface area contributed by atoms with Crippen molar-refractivity contribution in [2.24, 2.45) is 5.92 Å². The van der Waals surface area contributed by atoms with Gasteiger partial charge in [-0.3, -0.25) is 10.1 Å². The summed E-state index contributed by atoms with van der Waals surface area (Å²) in [5.41, 5.74) is 0.920. The predicted molar refractivity (Wildman–Crippen MR) is 138 cm³/mol. The molecule has 0 radical (unpaired) electrons. The van der Waals surface area contributed by atoms with Crippen molar-refractivity contribution < 1.29 is 19.4 Å². The Hall–Kier alpha value is -1.81. The molecule has 186 valence electrons. The Bertz CT molecular complexity index is 977. The van der Waals surface area contributed by atoms with Gasteiger partial charge in [0.05, 0.1) is 23.6 Å². The van der Waals surface area contributed by atoms with Crippen LogP contribution in [0.4, 0.5) is 9.93 Å². The number of nitrogens with one attached hydrogen (secondary N) is 1. The highest BCUT2D eigenvalue weighted by Gasteiger charge is 2.30. The van der Waals surface area contributed by atoms with Crippen LogP contribution in [-0.2, 0) is 16.1 Å². The van der Waals surface area contributed by atoms with E-state index < -0.39 is 10.7 Å². The van der Waals surface area contributed by atoms with Gasteiger partial charge >= 0.3 is 12.0 Å². The van der Waals surface area contributed by atoms with Crippen molar-refractivity contribution in [1.82, 2.24) is 9.88 Å². The SMILES string of the molecule is CC(C)(Sc1cnc(NC(=O)N(CCOCc2ccccc2Cl)[C@H]2CC[C@H](C)CC2)s1)C(=O)O. The molecule has 1 aromatic heterocycles. The number of nitrogens with zero attached hydrogens (tertiary/aromatic N) is 2. The number of carbonyl (C=O) groups is 2. The first-order chi connectivity index (χ1) is 16.2. The molecule has 2 N–H and O–H groups in total. The van der Waals surface area contributed by atoms with Crippen LogP contribution in [0.25, 0.3) is 0 Å². The van der Waals surface area contributed by atoms with Gasteiger partial charge in [-0.1, -0.05) is 59.8 Å². The van der Waals surface area contributed by atoms with Crippen LogP contribution in [0.15, 0.2) is 34.7 Å². The Morgan fingerprint density at radius 3 is 2.68 bits per heavy atom. The number of ether oxygens (including phenoxy) is 1. The van der Waals surface area contributed by atoms with E-state index in [0.717, 1.165) is 35.5 Å². The zero-order valence-electron chi connectivity index (χ0n) is 19.8. The summed E-state index contributed by atoms with van der Waals surface area (Å²) in [6.07, 6.45) is 5.72. The molecule has 0 spiro atoms. The molecule has 7 nitrogen and oxygen atoms in total. The van der Waals surface area contributed by atoms with E-state index >= 15 is 0 Å². The fourth-order valence-electron chi connectivity index (χ4n) is 3.79. The monoisotopic (exact) mass is 525 g/mol. The van der Waals surface area contributed by atoms with Gasteiger partial charge in [0.15, 0.2) is 5.13 Å². The van der Waals surface area contributed by atoms with Gasteiger partial charge in [-0.2, -0.15) is 0 Å². The van der Waals surface area contributed by atoms with Crippen molar-refractivity contribution in [3.8, 4) is 0 Å². The highest BCUT2D eigenvalue weighted by Crippen LogP contribution is 2.37. The number of carbonyl (C=O) groups excluding carboxylic acids is 1. The first-order valence-electron chi connectivity index (χ1n) is 11.4. The second-order valence-electron chi connectivity index (χ2n) is 9.08. The number of benzene rings is 1. The number of hydrogen-bond acceptors (Lipinski definition) is 6. The molecular formula is C24H32ClN3O4S2. The summed E-state index contributed by atoms with van der Waals surface area (Å²) in [6, 6.07) is 7.52. The van der Waals surface area contributed by atoms with Gasteiger partial charge in [0.2, 0.25) is 0 Å². The average molecular weight is 526 g/mol. The molecule has 0 unspecified atom stereocenters. The summed E-state index contributed by atoms with van der Waals surface area (Å²) >= 11 is 8.70. The molecule has 3 rings (SSSR count). The standard InChI is InChI=1S/C24H32ClN3O4S2/c1-16-8-10-18(11-9-16)28(12-13-32-15-17-6-4-5-7-19(17)25)23(31)27-22-26-14-20(33-22)34-24(2,3)21(29)30/h4-7,14,16,18H,8-13,15H2,1-3H3,(H,29,30)(H,26,27,31)/t16-,18-. The summed E-state index contributed by atoms with van der Waals surface area (Å²) in [5.74, 6) is -0.222. The van der Waals surface area contributed by atoms with Crippen LogP contribution in [0.3, 0.4) is 0 Å². The molecule has 1 aromatic carbocycles. The number of urea groups is 1. The third-order valence-electron chi connectivity index (χ3n) is 5.95. The Balaban J connectivity index is 1.60. The Morgan fingerprint density at radius 1 is 1.29 bits per heavy atom. The van der Waals surface area contributed by atoms with Gasteiger partial charge < -0.3 is 14.7 Å². The highest BCUT2D eigenvalue weighted by atomic mass is 35.5. The van der Waals surface area contributed by atoms with E-state index in [1.165, 1.54) is 23.1 Å². The van der Waals surface area contributed by atoms with Gasteiger partial charge in [-0.05, 0) is 57.1 Å². The molecule has 1 fully saturated rings. The highest BCUT2D eigenvalue weighted by molar-refractivity contribution is 8.03. The number of thiazole rings is 1. The van der Waals surface area contributed by atoms with Crippen molar-refractivity contribution in [2.45, 2.75) is 68.1 Å². The number of aliphatic carboxylic acids is 1. The van der Waals surface area contributed by atoms with E-state index in [1.807, 2.05) is 29.2 Å². The number of amides is 2. The molecule has 0 saturated heterocycles. The zero-order chi connectivity index (χ0) is 24.7. The van der Waals surface area contributed by atoms with Crippen LogP contribution in [0.5, 0.6) is 0 Å². The molecule has 0 atom stereocenters. The molecule has 0 bridgehead atoms. The maximum absolute atomic E-state index is 13.2. The second-order valence-corrected chi connectivity index (χ2v) is 12.4. The maximum atomic E-state index is 13.2. The number of rotatable bonds is 10. The smallest absolute Gasteiger partial charge is 0.323 e. The minimum atomic E-state index is -0.975. The molecule has 2 aromatic rings. The summed E-state index contributed by atoms with van der Waals surface area (Å²) in [7, 11) is 0. The number of anilines is 1. The molecule has 2 amide bonds. The number of thioether (sulfide) groups is 1. The third kappa shape index (κ3) is 7.60. The summed E-state index contributed by atoms with van der Waals surface area (Å²) < 4.78 is 5.61. The first kappa shape index (κ1) is 26.8. The fourth-order valence-corrected chi connectivity index (χ4v) is 6.24. The number of carboxylic acids is 1. The molecule has 34 heavy (non-hydrogen) atoms. The molecular weight excluding hydrogens is 494 g/mol. The lowest BCUT2D eigenvalue weighted by Crippen LogP contribution is -2.46. The lowest BCUT2D eigenvalue weighted by atomic mass is 9.86. The predicted octanol–water partition coefficient (Wildman–Crippen LogP) is 6.38. The minimum absolute atomic E-state index is 0.153. The largest absolute Gasteiger partial charge is 0.480 e. The molecule has 1 aliphatic carbocycles. The summed E-state index contributed by atoms with van der Waals surface area (Å²) in [4.78, 5) is 30.8. The summed E-state index contributed by atoms with van der Waals surface area (Å²) in [5, 5.41) is 13.4. The quantitative estimate of drug-likeness (QED) is 0.276. The van der Waals surface area contributed by atoms with Crippen LogP contribution in [0.1, 0.15) is 52.0 Å². The van der Waals surface area contributed by atoms with E-state index in [0.29, 0.717) is 35.8 Å². The van der Waals surface area contributed by atoms with Crippen LogP contribution < -0.4 is 5.32 Å². The number of aromatic nitrogens is 1. The summed E-state index contributed by atoms with van der Waals surface area (Å²) in [6.45, 7) is 6.80. The first-order valence-corrected chi connectivity index (χ1v) is 13.4. The van der Waals surface area contributed by atoms with Gasteiger partial charge in [0.25, 0.3) is 0 Å². The Morgan fingerprint density at radius 2 is 2.00 bits per heavy atom. The van der Waals surface area contributed by atoms with E-state index in [-0.39, 0.29) is 12.1 Å². The number of halogens is 1. The molecule has 1 saturated carbocycles. The van der Waals surface area contributed by atoms with Crippen molar-refractivity contribution in [2.75, 3.05) is 18.5 Å². The normalized spacial score (nSPS) is 18.5. The lowest BCUT2D eigenvalue weighted by Gasteiger charge is -2.36. The minimum Gasteiger partial charge on any atom is -0.480 e. The topological polar surface area (TPSA) is 91.8 Å². The number of hydrogen-bond donors (Lipinski definition) is 2.